The molecule has 0 spiro atoms. The first-order valence-electron chi connectivity index (χ1n) is 5.24. The molecule has 1 rings (SSSR count). The van der Waals surface area contributed by atoms with E-state index in [2.05, 4.69) is 5.32 Å². The molecule has 17 heavy (non-hydrogen) atoms. The third-order valence-corrected chi connectivity index (χ3v) is 2.47. The number of hydrogen-bond acceptors (Lipinski definition) is 4. The van der Waals surface area contributed by atoms with Crippen molar-refractivity contribution in [3.63, 3.8) is 0 Å². The molecule has 7 nitrogen and oxygen atoms in total. The van der Waals surface area contributed by atoms with Crippen LogP contribution in [0.5, 0.6) is 0 Å². The molecule has 0 radical (unpaired) electrons. The van der Waals surface area contributed by atoms with Crippen molar-refractivity contribution >= 4 is 17.9 Å². The molecule has 1 fully saturated rings. The second-order valence-corrected chi connectivity index (χ2v) is 4.36. The first-order valence-corrected chi connectivity index (χ1v) is 5.24. The minimum Gasteiger partial charge on any atom is -0.479 e. The molecule has 0 unspecified atom stereocenters. The summed E-state index contributed by atoms with van der Waals surface area (Å²) in [5.41, 5.74) is -0.907. The Bertz CT molecular complexity index is 353. The normalized spacial score (nSPS) is 20.3. The van der Waals surface area contributed by atoms with Gasteiger partial charge in [-0.05, 0) is 20.8 Å². The molecule has 0 bridgehead atoms. The zero-order valence-corrected chi connectivity index (χ0v) is 10.0. The molecule has 0 aromatic heterocycles. The second kappa shape index (κ2) is 4.70. The van der Waals surface area contributed by atoms with Crippen LogP contribution < -0.4 is 5.32 Å². The van der Waals surface area contributed by atoms with Gasteiger partial charge in [-0.2, -0.15) is 0 Å². The summed E-state index contributed by atoms with van der Waals surface area (Å²) in [6, 6.07) is -0.480. The van der Waals surface area contributed by atoms with Gasteiger partial charge < -0.3 is 15.2 Å². The first-order chi connectivity index (χ1) is 7.75. The average Bonchev–Trinajstić information content (AvgIpc) is 2.39. The minimum atomic E-state index is -1.08. The smallest absolute Gasteiger partial charge is 0.332 e. The van der Waals surface area contributed by atoms with E-state index >= 15 is 0 Å². The van der Waals surface area contributed by atoms with Gasteiger partial charge in [0.05, 0.1) is 13.2 Å². The van der Waals surface area contributed by atoms with Crippen molar-refractivity contribution in [1.29, 1.82) is 0 Å². The third-order valence-electron chi connectivity index (χ3n) is 2.47. The molecule has 0 saturated carbocycles. The summed E-state index contributed by atoms with van der Waals surface area (Å²) in [5.74, 6) is -1.42. The summed E-state index contributed by atoms with van der Waals surface area (Å²) < 4.78 is 4.96. The van der Waals surface area contributed by atoms with Crippen LogP contribution >= 0.6 is 0 Å². The Morgan fingerprint density at radius 2 is 2.12 bits per heavy atom. The van der Waals surface area contributed by atoms with Crippen LogP contribution in [0.4, 0.5) is 4.79 Å². The molecule has 1 heterocycles. The molecule has 0 aromatic carbocycles. The maximum atomic E-state index is 11.7. The van der Waals surface area contributed by atoms with E-state index in [4.69, 9.17) is 9.84 Å². The number of rotatable bonds is 5. The van der Waals surface area contributed by atoms with Crippen LogP contribution in [0.3, 0.4) is 0 Å². The SMILES string of the molecule is C[C@@H](OCCN1C(=O)NC(C)(C)C1=O)C(=O)O. The fraction of sp³-hybridized carbons (Fsp3) is 0.700. The fourth-order valence-electron chi connectivity index (χ4n) is 1.41. The van der Waals surface area contributed by atoms with Gasteiger partial charge in [0.15, 0.2) is 6.10 Å². The summed E-state index contributed by atoms with van der Waals surface area (Å²) in [6.07, 6.45) is -0.955. The number of carbonyl (C=O) groups excluding carboxylic acids is 2. The highest BCUT2D eigenvalue weighted by Gasteiger charge is 2.43. The molecule has 2 N–H and O–H groups in total. The lowest BCUT2D eigenvalue weighted by Gasteiger charge is -2.16. The summed E-state index contributed by atoms with van der Waals surface area (Å²) in [6.45, 7) is 4.65. The van der Waals surface area contributed by atoms with E-state index < -0.39 is 23.6 Å². The van der Waals surface area contributed by atoms with Crippen molar-refractivity contribution in [2.75, 3.05) is 13.2 Å². The van der Waals surface area contributed by atoms with Crippen LogP contribution in [-0.4, -0.2) is 52.7 Å². The van der Waals surface area contributed by atoms with E-state index in [0.717, 1.165) is 4.90 Å². The van der Waals surface area contributed by atoms with Crippen LogP contribution in [0, 0.1) is 0 Å². The van der Waals surface area contributed by atoms with E-state index in [-0.39, 0.29) is 19.1 Å². The van der Waals surface area contributed by atoms with E-state index in [1.807, 2.05) is 0 Å². The minimum absolute atomic E-state index is 0.00269. The van der Waals surface area contributed by atoms with Crippen molar-refractivity contribution in [1.82, 2.24) is 10.2 Å². The average molecular weight is 244 g/mol. The predicted octanol–water partition coefficient (Wildman–Crippen LogP) is -0.194. The fourth-order valence-corrected chi connectivity index (χ4v) is 1.41. The van der Waals surface area contributed by atoms with Crippen LogP contribution in [-0.2, 0) is 14.3 Å². The van der Waals surface area contributed by atoms with Crippen molar-refractivity contribution in [2.24, 2.45) is 0 Å². The highest BCUT2D eigenvalue weighted by atomic mass is 16.5. The highest BCUT2D eigenvalue weighted by Crippen LogP contribution is 2.15. The standard InChI is InChI=1S/C10H16N2O5/c1-6(7(13)14)17-5-4-12-8(15)10(2,3)11-9(12)16/h6H,4-5H2,1-3H3,(H,11,16)(H,13,14)/t6-/m1/s1. The highest BCUT2D eigenvalue weighted by molar-refractivity contribution is 6.06. The number of carbonyl (C=O) groups is 3. The van der Waals surface area contributed by atoms with E-state index in [1.165, 1.54) is 6.92 Å². The lowest BCUT2D eigenvalue weighted by molar-refractivity contribution is -0.149. The number of carboxylic acid groups (broad SMARTS) is 1. The van der Waals surface area contributed by atoms with Gasteiger partial charge in [0.2, 0.25) is 0 Å². The molecule has 1 aliphatic rings. The number of urea groups is 1. The molecule has 0 aliphatic carbocycles. The number of imide groups is 1. The number of nitrogens with zero attached hydrogens (tertiary/aromatic N) is 1. The summed E-state index contributed by atoms with van der Waals surface area (Å²) in [7, 11) is 0. The van der Waals surface area contributed by atoms with E-state index in [9.17, 15) is 14.4 Å². The number of nitrogens with one attached hydrogen (secondary N) is 1. The van der Waals surface area contributed by atoms with Crippen molar-refractivity contribution in [2.45, 2.75) is 32.4 Å². The lowest BCUT2D eigenvalue weighted by atomic mass is 10.1. The van der Waals surface area contributed by atoms with Gasteiger partial charge in [0, 0.05) is 0 Å². The van der Waals surface area contributed by atoms with Crippen LogP contribution in [0.1, 0.15) is 20.8 Å². The molecule has 7 heteroatoms. The maximum absolute atomic E-state index is 11.7. The summed E-state index contributed by atoms with van der Waals surface area (Å²) in [5, 5.41) is 11.1. The lowest BCUT2D eigenvalue weighted by Crippen LogP contribution is -2.40. The Morgan fingerprint density at radius 3 is 2.53 bits per heavy atom. The maximum Gasteiger partial charge on any atom is 0.332 e. The Balaban J connectivity index is 2.46. The zero-order chi connectivity index (χ0) is 13.2. The monoisotopic (exact) mass is 244 g/mol. The molecule has 1 saturated heterocycles. The van der Waals surface area contributed by atoms with Gasteiger partial charge in [-0.3, -0.25) is 9.69 Å². The van der Waals surface area contributed by atoms with Crippen LogP contribution in [0.15, 0.2) is 0 Å². The van der Waals surface area contributed by atoms with Gasteiger partial charge >= 0.3 is 12.0 Å². The summed E-state index contributed by atoms with van der Waals surface area (Å²) >= 11 is 0. The number of carboxylic acids is 1. The van der Waals surface area contributed by atoms with Crippen molar-refractivity contribution in [3.8, 4) is 0 Å². The Morgan fingerprint density at radius 1 is 1.53 bits per heavy atom. The molecule has 3 amide bonds. The Labute approximate surface area is 98.7 Å². The topological polar surface area (TPSA) is 95.9 Å². The molecule has 0 aromatic rings. The van der Waals surface area contributed by atoms with Gasteiger partial charge in [-0.1, -0.05) is 0 Å². The molecule has 96 valence electrons. The zero-order valence-electron chi connectivity index (χ0n) is 10.0. The second-order valence-electron chi connectivity index (χ2n) is 4.36. The van der Waals surface area contributed by atoms with E-state index in [0.29, 0.717) is 0 Å². The summed E-state index contributed by atoms with van der Waals surface area (Å²) in [4.78, 5) is 34.6. The van der Waals surface area contributed by atoms with Gasteiger partial charge in [0.25, 0.3) is 5.91 Å². The Kier molecular flexibility index (Phi) is 3.72. The molecular formula is C10H16N2O5. The predicted molar refractivity (Wildman–Crippen MR) is 57.4 cm³/mol. The number of aliphatic carboxylic acids is 1. The van der Waals surface area contributed by atoms with Crippen molar-refractivity contribution < 1.29 is 24.2 Å². The van der Waals surface area contributed by atoms with Crippen molar-refractivity contribution in [3.05, 3.63) is 0 Å². The van der Waals surface area contributed by atoms with Gasteiger partial charge in [0.1, 0.15) is 5.54 Å². The molecule has 1 atom stereocenters. The Hall–Kier alpha value is -1.63. The third kappa shape index (κ3) is 2.94. The first kappa shape index (κ1) is 13.4. The quantitative estimate of drug-likeness (QED) is 0.653. The van der Waals surface area contributed by atoms with Gasteiger partial charge in [-0.15, -0.1) is 0 Å². The number of ether oxygens (including phenoxy) is 1. The van der Waals surface area contributed by atoms with Gasteiger partial charge in [-0.25, -0.2) is 9.59 Å². The molecular weight excluding hydrogens is 228 g/mol. The van der Waals surface area contributed by atoms with E-state index in [1.54, 1.807) is 13.8 Å². The number of hydrogen-bond donors (Lipinski definition) is 2. The largest absolute Gasteiger partial charge is 0.479 e. The van der Waals surface area contributed by atoms with Crippen LogP contribution in [0.25, 0.3) is 0 Å². The number of amides is 3. The molecule has 1 aliphatic heterocycles. The van der Waals surface area contributed by atoms with Crippen LogP contribution in [0.2, 0.25) is 0 Å².